The summed E-state index contributed by atoms with van der Waals surface area (Å²) in [7, 11) is 17.4. The van der Waals surface area contributed by atoms with E-state index in [4.69, 9.17) is 65.4 Å². The maximum Gasteiger partial charge on any atom is 0.258 e. The van der Waals surface area contributed by atoms with E-state index >= 15 is 0 Å². The molecule has 0 aliphatic carbocycles. The van der Waals surface area contributed by atoms with E-state index in [-0.39, 0.29) is 51.9 Å². The summed E-state index contributed by atoms with van der Waals surface area (Å²) in [6.07, 6.45) is 8.15. The van der Waals surface area contributed by atoms with Crippen molar-refractivity contribution in [1.29, 1.82) is 0 Å². The second-order valence-electron chi connectivity index (χ2n) is 16.3. The Kier molecular flexibility index (Phi) is 32.0. The Morgan fingerprint density at radius 3 is 1.12 bits per heavy atom. The maximum absolute atomic E-state index is 12.4. The first kappa shape index (κ1) is 75.9. The lowest BCUT2D eigenvalue weighted by Crippen LogP contribution is -2.16. The zero-order chi connectivity index (χ0) is 59.1. The Balaban J connectivity index is 0.000000530. The van der Waals surface area contributed by atoms with Gasteiger partial charge in [-0.1, -0.05) is 116 Å². The van der Waals surface area contributed by atoms with Crippen LogP contribution in [0.25, 0.3) is 54.2 Å². The number of aromatic nitrogens is 4. The number of ether oxygens (including phenoxy) is 4. The van der Waals surface area contributed by atoms with Gasteiger partial charge in [0.1, 0.15) is 23.0 Å². The van der Waals surface area contributed by atoms with Crippen LogP contribution in [0.15, 0.2) is 159 Å². The quantitative estimate of drug-likeness (QED) is 0.115. The minimum absolute atomic E-state index is 0. The lowest BCUT2D eigenvalue weighted by molar-refractivity contribution is 0.111. The number of halogens is 8. The standard InChI is InChI=1S/C19H16ClNO4.C10H7BrClNO.2C9H5BrClNO.C9H9BrO3.4CH4.B2/c1-21-9-15(13-5-4-12(20)8-14(13)19(21)23)11-6-17(24-2)16(10-22)18(7-11)25-3;1-13-5-9(11)7-3-2-6(12)4-8(7)10(13)14;2*10-8-4-12-9(13)7-3-5(11)1-2-6(7)8;1-12-8-3-6(10)4-9(13-2)7(8)5-11;;;;;1-2/h4-10H,1-3H3;2-5H,1H3;2*1-4H,(H,12,13);3-5H,1-2H3;4*1H4;/q;;;;;;;;;-1. The van der Waals surface area contributed by atoms with Crippen LogP contribution in [0.4, 0.5) is 0 Å². The van der Waals surface area contributed by atoms with Gasteiger partial charge >= 0.3 is 0 Å². The van der Waals surface area contributed by atoms with Crippen LogP contribution in [-0.2, 0) is 14.1 Å². The van der Waals surface area contributed by atoms with Gasteiger partial charge in [0.2, 0.25) is 0 Å². The molecule has 0 aliphatic rings. The van der Waals surface area contributed by atoms with Gasteiger partial charge in [0, 0.05) is 120 Å². The number of nitrogens with zero attached hydrogens (tertiary/aromatic N) is 2. The molecule has 0 unspecified atom stereocenters. The molecule has 0 saturated heterocycles. The fraction of sp³-hybridized carbons (Fsp3) is 0.167. The van der Waals surface area contributed by atoms with E-state index in [1.807, 2.05) is 18.2 Å². The van der Waals surface area contributed by atoms with Crippen molar-refractivity contribution in [2.24, 2.45) is 14.1 Å². The molecule has 6 aromatic carbocycles. The first-order valence-corrected chi connectivity index (χ1v) is 27.4. The summed E-state index contributed by atoms with van der Waals surface area (Å²) in [5, 5.41) is 7.94. The topological polar surface area (TPSA) is 181 Å². The number of pyridine rings is 4. The Morgan fingerprint density at radius 2 is 0.762 bits per heavy atom. The van der Waals surface area contributed by atoms with E-state index in [0.717, 1.165) is 50.6 Å². The molecule has 4 aromatic heterocycles. The van der Waals surface area contributed by atoms with Gasteiger partial charge in [-0.2, -0.15) is 0 Å². The number of carbonyl (C=O) groups is 2. The molecule has 14 nitrogen and oxygen atoms in total. The number of hydrogen-bond acceptors (Lipinski definition) is 10. The number of hydrogen-bond donors (Lipinski definition) is 2. The number of aromatic amines is 2. The average Bonchev–Trinajstić information content (AvgIpc) is 3.64. The van der Waals surface area contributed by atoms with Gasteiger partial charge in [0.15, 0.2) is 12.6 Å². The highest BCUT2D eigenvalue weighted by Crippen LogP contribution is 2.37. The van der Waals surface area contributed by atoms with Crippen molar-refractivity contribution >= 4 is 181 Å². The Morgan fingerprint density at radius 1 is 0.452 bits per heavy atom. The largest absolute Gasteiger partial charge is 0.693 e. The number of methoxy groups -OCH3 is 4. The minimum Gasteiger partial charge on any atom is -0.693 e. The molecule has 10 aromatic rings. The van der Waals surface area contributed by atoms with Crippen molar-refractivity contribution in [2.75, 3.05) is 28.4 Å². The number of carbonyl (C=O) groups excluding carboxylic acids is 2. The Labute approximate surface area is 543 Å². The monoisotopic (exact) mass is 1470 g/mol. The summed E-state index contributed by atoms with van der Waals surface area (Å²) in [6, 6.07) is 27.9. The van der Waals surface area contributed by atoms with Crippen LogP contribution in [0, 0.1) is 0 Å². The molecule has 0 saturated carbocycles. The molecule has 2 N–H and O–H groups in total. The van der Waals surface area contributed by atoms with Crippen molar-refractivity contribution in [3.8, 4) is 34.1 Å². The third-order valence-electron chi connectivity index (χ3n) is 11.5. The smallest absolute Gasteiger partial charge is 0.258 e. The van der Waals surface area contributed by atoms with E-state index < -0.39 is 0 Å². The maximum atomic E-state index is 12.4. The van der Waals surface area contributed by atoms with Crippen LogP contribution < -0.4 is 41.2 Å². The zero-order valence-corrected chi connectivity index (χ0v) is 52.2. The summed E-state index contributed by atoms with van der Waals surface area (Å²) in [6.45, 7) is 0. The summed E-state index contributed by atoms with van der Waals surface area (Å²) in [5.41, 5.74) is 1.92. The van der Waals surface area contributed by atoms with Crippen LogP contribution in [0.5, 0.6) is 23.0 Å². The van der Waals surface area contributed by atoms with Crippen LogP contribution in [0.3, 0.4) is 0 Å². The molecule has 0 atom stereocenters. The summed E-state index contributed by atoms with van der Waals surface area (Å²) < 4.78 is 27.1. The molecule has 0 fully saturated rings. The van der Waals surface area contributed by atoms with Gasteiger partial charge in [0.25, 0.3) is 22.2 Å². The van der Waals surface area contributed by atoms with Gasteiger partial charge < -0.3 is 53.5 Å². The average molecular weight is 1480 g/mol. The van der Waals surface area contributed by atoms with E-state index in [2.05, 4.69) is 89.2 Å². The molecule has 24 heteroatoms. The predicted octanol–water partition coefficient (Wildman–Crippen LogP) is 16.6. The molecule has 0 amide bonds. The lowest BCUT2D eigenvalue weighted by atomic mass is 9.81. The molecule has 4 heterocycles. The first-order chi connectivity index (χ1) is 38.2. The molecule has 441 valence electrons. The second-order valence-corrected chi connectivity index (χ2v) is 21.5. The van der Waals surface area contributed by atoms with Crippen molar-refractivity contribution in [2.45, 2.75) is 29.7 Å². The number of nitrogens with one attached hydrogen (secondary N) is 2. The van der Waals surface area contributed by atoms with E-state index in [1.165, 1.54) is 37.6 Å². The third-order valence-corrected chi connectivity index (χ3v) is 14.8. The summed E-state index contributed by atoms with van der Waals surface area (Å²) >= 11 is 36.8. The number of benzene rings is 6. The molecule has 0 spiro atoms. The molecular formula is C60H58B2Br4Cl4N4O10-. The number of fused-ring (bicyclic) bond motifs is 4. The van der Waals surface area contributed by atoms with Gasteiger partial charge in [-0.05, 0) is 132 Å². The zero-order valence-electron chi connectivity index (χ0n) is 42.9. The van der Waals surface area contributed by atoms with Crippen molar-refractivity contribution in [1.82, 2.24) is 19.1 Å². The molecule has 0 aliphatic heterocycles. The minimum atomic E-state index is -0.135. The Bertz CT molecular complexity index is 4040. The van der Waals surface area contributed by atoms with Gasteiger partial charge in [-0.25, -0.2) is 0 Å². The van der Waals surface area contributed by atoms with E-state index in [9.17, 15) is 28.8 Å². The van der Waals surface area contributed by atoms with Crippen molar-refractivity contribution in [3.05, 3.63) is 212 Å². The third kappa shape index (κ3) is 18.5. The van der Waals surface area contributed by atoms with Crippen LogP contribution in [0.2, 0.25) is 20.1 Å². The molecular weight excluding hydrogens is 1420 g/mol. The number of rotatable bonds is 7. The number of aldehydes is 2. The van der Waals surface area contributed by atoms with Gasteiger partial charge in [0.05, 0.1) is 39.6 Å². The highest BCUT2D eigenvalue weighted by molar-refractivity contribution is 9.11. The van der Waals surface area contributed by atoms with Gasteiger partial charge in [-0.3, -0.25) is 28.8 Å². The second kappa shape index (κ2) is 35.4. The lowest BCUT2D eigenvalue weighted by Gasteiger charge is -2.14. The normalized spacial score (nSPS) is 9.80. The molecule has 10 rings (SSSR count). The predicted molar refractivity (Wildman–Crippen MR) is 366 cm³/mol. The van der Waals surface area contributed by atoms with Gasteiger partial charge in [-0.15, -0.1) is 0 Å². The van der Waals surface area contributed by atoms with E-state index in [1.54, 1.807) is 118 Å². The molecule has 84 heavy (non-hydrogen) atoms. The highest BCUT2D eigenvalue weighted by Gasteiger charge is 2.17. The van der Waals surface area contributed by atoms with Crippen molar-refractivity contribution < 1.29 is 28.5 Å². The SMILES string of the molecule is C.C.C.C.COc1cc(-c2cn(C)c(=O)c3cc(Cl)ccc23)cc(OC)c1C=O.COc1cc(Br)cc(OC)c1C=O.Cn1cc(Br)c2ccc(Cl)cc2c1=O.O=c1[nH]cc(Br)c2ccc(Cl)cc12.O=c1[nH]cc(Br)c2ccc(Cl)cc12.[B][B-]. The summed E-state index contributed by atoms with van der Waals surface area (Å²) in [4.78, 5) is 74.1. The molecule has 5 radical (unpaired) electrons. The highest BCUT2D eigenvalue weighted by atomic mass is 79.9. The molecule has 0 bridgehead atoms. The fourth-order valence-electron chi connectivity index (χ4n) is 7.69. The van der Waals surface area contributed by atoms with E-state index in [0.29, 0.717) is 88.3 Å². The van der Waals surface area contributed by atoms with Crippen LogP contribution in [0.1, 0.15) is 50.4 Å². The number of H-pyrrole nitrogens is 2. The fourth-order valence-corrected chi connectivity index (χ4v) is 10.4. The number of aryl methyl sites for hydroxylation is 2. The summed E-state index contributed by atoms with van der Waals surface area (Å²) in [5.74, 6) is 1.81. The van der Waals surface area contributed by atoms with Crippen LogP contribution >= 0.6 is 110 Å². The Hall–Kier alpha value is -6.09. The first-order valence-electron chi connectivity index (χ1n) is 22.8. The van der Waals surface area contributed by atoms with Crippen LogP contribution in [-0.4, -0.2) is 75.6 Å². The van der Waals surface area contributed by atoms with Crippen molar-refractivity contribution in [3.63, 3.8) is 0 Å².